The minimum atomic E-state index is -4.70. The molecule has 0 radical (unpaired) electrons. The SMILES string of the molecule is COc1cc(NS(=O)(=O)c2ccc(NC(=O)CCn3nc(C(F)(F)F)c(Cl)c3C3CC3)cc2)nc(OC)n1. The Balaban J connectivity index is 1.40. The standard InChI is InChI=1S/C22H22ClF3N6O5S/c1-36-17-11-15(28-21(29-17)37-2)31-38(34,35)14-7-5-13(6-8-14)27-16(33)9-10-32-19(12-3-4-12)18(23)20(30-32)22(24,25)26/h5-8,11-12H,3-4,9-10H2,1-2H3,(H,27,33)(H,28,29,31). The van der Waals surface area contributed by atoms with E-state index in [4.69, 9.17) is 21.1 Å². The summed E-state index contributed by atoms with van der Waals surface area (Å²) < 4.78 is 78.5. The fourth-order valence-electron chi connectivity index (χ4n) is 3.55. The number of nitrogens with zero attached hydrogens (tertiary/aromatic N) is 4. The number of amides is 1. The van der Waals surface area contributed by atoms with Crippen LogP contribution in [0.1, 0.15) is 36.6 Å². The van der Waals surface area contributed by atoms with E-state index in [0.717, 1.165) is 4.68 Å². The summed E-state index contributed by atoms with van der Waals surface area (Å²) in [5.74, 6) is -0.601. The summed E-state index contributed by atoms with van der Waals surface area (Å²) in [6.45, 7) is -0.101. The summed E-state index contributed by atoms with van der Waals surface area (Å²) in [6, 6.07) is 6.44. The van der Waals surface area contributed by atoms with E-state index < -0.39 is 32.8 Å². The number of carbonyl (C=O) groups excluding carboxylic acids is 1. The Bertz CT molecular complexity index is 1420. The molecule has 38 heavy (non-hydrogen) atoms. The molecular formula is C22H22ClF3N6O5S. The van der Waals surface area contributed by atoms with Crippen LogP contribution in [0.2, 0.25) is 5.02 Å². The second kappa shape index (κ2) is 10.6. The number of nitrogens with one attached hydrogen (secondary N) is 2. The molecule has 204 valence electrons. The number of sulfonamides is 1. The first-order chi connectivity index (χ1) is 17.9. The van der Waals surface area contributed by atoms with E-state index in [1.54, 1.807) is 0 Å². The highest BCUT2D eigenvalue weighted by Crippen LogP contribution is 2.46. The highest BCUT2D eigenvalue weighted by atomic mass is 35.5. The number of ether oxygens (including phenoxy) is 2. The Morgan fingerprint density at radius 1 is 1.16 bits per heavy atom. The molecule has 1 amide bonds. The van der Waals surface area contributed by atoms with Crippen LogP contribution in [0, 0.1) is 0 Å². The average Bonchev–Trinajstić information content (AvgIpc) is 3.63. The third-order valence-electron chi connectivity index (χ3n) is 5.48. The summed E-state index contributed by atoms with van der Waals surface area (Å²) in [5.41, 5.74) is -0.588. The molecule has 1 aliphatic rings. The number of aromatic nitrogens is 4. The second-order valence-corrected chi connectivity index (χ2v) is 10.3. The van der Waals surface area contributed by atoms with Crippen LogP contribution in [0.25, 0.3) is 0 Å². The van der Waals surface area contributed by atoms with Crippen molar-refractivity contribution in [1.29, 1.82) is 0 Å². The molecule has 0 atom stereocenters. The first-order valence-electron chi connectivity index (χ1n) is 11.1. The van der Waals surface area contributed by atoms with Gasteiger partial charge in [-0.15, -0.1) is 0 Å². The zero-order valence-corrected chi connectivity index (χ0v) is 21.6. The predicted octanol–water partition coefficient (Wildman–Crippen LogP) is 4.07. The molecule has 3 aromatic rings. The van der Waals surface area contributed by atoms with Crippen molar-refractivity contribution < 1.29 is 35.9 Å². The average molecular weight is 575 g/mol. The van der Waals surface area contributed by atoms with E-state index in [1.165, 1.54) is 44.6 Å². The number of halogens is 4. The Hall–Kier alpha value is -3.59. The Labute approximate surface area is 220 Å². The fraction of sp³-hybridized carbons (Fsp3) is 0.364. The van der Waals surface area contributed by atoms with Crippen LogP contribution in [0.15, 0.2) is 35.2 Å². The lowest BCUT2D eigenvalue weighted by Gasteiger charge is -2.11. The number of alkyl halides is 3. The van der Waals surface area contributed by atoms with E-state index in [1.807, 2.05) is 0 Å². The van der Waals surface area contributed by atoms with Gasteiger partial charge in [0.1, 0.15) is 0 Å². The Morgan fingerprint density at radius 3 is 2.42 bits per heavy atom. The predicted molar refractivity (Wildman–Crippen MR) is 130 cm³/mol. The van der Waals surface area contributed by atoms with Crippen molar-refractivity contribution in [2.75, 3.05) is 24.3 Å². The maximum absolute atomic E-state index is 13.2. The van der Waals surface area contributed by atoms with Gasteiger partial charge in [-0.05, 0) is 37.1 Å². The van der Waals surface area contributed by atoms with Crippen molar-refractivity contribution in [3.63, 3.8) is 0 Å². The fourth-order valence-corrected chi connectivity index (χ4v) is 4.94. The lowest BCUT2D eigenvalue weighted by molar-refractivity contribution is -0.141. The molecule has 0 spiro atoms. The monoisotopic (exact) mass is 574 g/mol. The maximum Gasteiger partial charge on any atom is 0.436 e. The molecule has 1 fully saturated rings. The lowest BCUT2D eigenvalue weighted by Crippen LogP contribution is -2.17. The minimum Gasteiger partial charge on any atom is -0.481 e. The van der Waals surface area contributed by atoms with Crippen molar-refractivity contribution >= 4 is 39.0 Å². The molecule has 1 aliphatic carbocycles. The van der Waals surface area contributed by atoms with Crippen molar-refractivity contribution in [3.8, 4) is 11.9 Å². The second-order valence-electron chi connectivity index (χ2n) is 8.25. The molecule has 0 unspecified atom stereocenters. The minimum absolute atomic E-state index is 0.0796. The third-order valence-corrected chi connectivity index (χ3v) is 7.22. The lowest BCUT2D eigenvalue weighted by atomic mass is 10.2. The van der Waals surface area contributed by atoms with Crippen LogP contribution in [-0.2, 0) is 27.5 Å². The van der Waals surface area contributed by atoms with Gasteiger partial charge in [-0.1, -0.05) is 11.6 Å². The zero-order valence-electron chi connectivity index (χ0n) is 20.0. The molecule has 1 aromatic carbocycles. The number of rotatable bonds is 10. The van der Waals surface area contributed by atoms with Crippen LogP contribution < -0.4 is 19.5 Å². The van der Waals surface area contributed by atoms with E-state index >= 15 is 0 Å². The van der Waals surface area contributed by atoms with Crippen LogP contribution in [-0.4, -0.2) is 48.3 Å². The van der Waals surface area contributed by atoms with Gasteiger partial charge in [0.05, 0.1) is 36.4 Å². The van der Waals surface area contributed by atoms with Gasteiger partial charge in [-0.2, -0.15) is 28.2 Å². The molecule has 4 rings (SSSR count). The van der Waals surface area contributed by atoms with Crippen LogP contribution in [0.5, 0.6) is 11.9 Å². The molecule has 11 nitrogen and oxygen atoms in total. The molecule has 0 bridgehead atoms. The number of carbonyl (C=O) groups is 1. The van der Waals surface area contributed by atoms with Crippen molar-refractivity contribution in [1.82, 2.24) is 19.7 Å². The van der Waals surface area contributed by atoms with E-state index in [-0.39, 0.29) is 52.9 Å². The van der Waals surface area contributed by atoms with Gasteiger partial charge < -0.3 is 14.8 Å². The summed E-state index contributed by atoms with van der Waals surface area (Å²) in [4.78, 5) is 20.1. The van der Waals surface area contributed by atoms with Gasteiger partial charge in [0, 0.05) is 24.1 Å². The zero-order chi connectivity index (χ0) is 27.7. The largest absolute Gasteiger partial charge is 0.481 e. The number of anilines is 2. The molecule has 2 N–H and O–H groups in total. The Kier molecular flexibility index (Phi) is 7.69. The molecule has 2 heterocycles. The summed E-state index contributed by atoms with van der Waals surface area (Å²) in [6.07, 6.45) is -3.46. The van der Waals surface area contributed by atoms with Gasteiger partial charge in [-0.3, -0.25) is 14.2 Å². The summed E-state index contributed by atoms with van der Waals surface area (Å²) in [5, 5.41) is 5.75. The van der Waals surface area contributed by atoms with E-state index in [9.17, 15) is 26.4 Å². The van der Waals surface area contributed by atoms with Gasteiger partial charge in [0.25, 0.3) is 10.0 Å². The number of hydrogen-bond acceptors (Lipinski definition) is 8. The molecule has 16 heteroatoms. The van der Waals surface area contributed by atoms with Gasteiger partial charge in [0.15, 0.2) is 11.5 Å². The third kappa shape index (κ3) is 6.27. The summed E-state index contributed by atoms with van der Waals surface area (Å²) in [7, 11) is -1.39. The van der Waals surface area contributed by atoms with Gasteiger partial charge in [-0.25, -0.2) is 8.42 Å². The topological polar surface area (TPSA) is 137 Å². The number of benzene rings is 1. The van der Waals surface area contributed by atoms with E-state index in [0.29, 0.717) is 12.8 Å². The smallest absolute Gasteiger partial charge is 0.436 e. The highest BCUT2D eigenvalue weighted by Gasteiger charge is 2.42. The normalized spacial score (nSPS) is 13.7. The number of methoxy groups -OCH3 is 2. The van der Waals surface area contributed by atoms with Crippen LogP contribution in [0.4, 0.5) is 24.7 Å². The quantitative estimate of drug-likeness (QED) is 0.370. The van der Waals surface area contributed by atoms with Crippen molar-refractivity contribution in [2.24, 2.45) is 0 Å². The first kappa shape index (κ1) is 27.4. The Morgan fingerprint density at radius 2 is 1.84 bits per heavy atom. The molecular weight excluding hydrogens is 553 g/mol. The number of hydrogen-bond donors (Lipinski definition) is 2. The molecule has 0 aliphatic heterocycles. The molecule has 2 aromatic heterocycles. The molecule has 0 saturated heterocycles. The number of aryl methyl sites for hydroxylation is 1. The molecule has 1 saturated carbocycles. The van der Waals surface area contributed by atoms with Gasteiger partial charge in [0.2, 0.25) is 11.8 Å². The highest BCUT2D eigenvalue weighted by molar-refractivity contribution is 7.92. The first-order valence-corrected chi connectivity index (χ1v) is 13.0. The van der Waals surface area contributed by atoms with Gasteiger partial charge >= 0.3 is 12.2 Å². The van der Waals surface area contributed by atoms with E-state index in [2.05, 4.69) is 25.1 Å². The summed E-state index contributed by atoms with van der Waals surface area (Å²) >= 11 is 5.95. The van der Waals surface area contributed by atoms with Crippen LogP contribution in [0.3, 0.4) is 0 Å². The van der Waals surface area contributed by atoms with Crippen molar-refractivity contribution in [2.45, 2.75) is 42.8 Å². The maximum atomic E-state index is 13.2. The van der Waals surface area contributed by atoms with Crippen molar-refractivity contribution in [3.05, 3.63) is 46.7 Å². The van der Waals surface area contributed by atoms with Crippen LogP contribution >= 0.6 is 11.6 Å².